The third-order valence-electron chi connectivity index (χ3n) is 4.05. The van der Waals surface area contributed by atoms with E-state index in [1.165, 1.54) is 18.2 Å². The Balaban J connectivity index is 1.94. The van der Waals surface area contributed by atoms with Crippen LogP contribution in [0.4, 0.5) is 5.69 Å². The van der Waals surface area contributed by atoms with Gasteiger partial charge in [-0.1, -0.05) is 35.0 Å². The van der Waals surface area contributed by atoms with Crippen LogP contribution in [0.3, 0.4) is 0 Å². The summed E-state index contributed by atoms with van der Waals surface area (Å²) in [7, 11) is -4.24. The van der Waals surface area contributed by atoms with Gasteiger partial charge < -0.3 is 5.11 Å². The lowest BCUT2D eigenvalue weighted by Gasteiger charge is -2.13. The normalized spacial score (nSPS) is 15.2. The minimum Gasteiger partial charge on any atom is -0.480 e. The van der Waals surface area contributed by atoms with E-state index in [2.05, 4.69) is 4.72 Å². The molecule has 1 aliphatic carbocycles. The highest BCUT2D eigenvalue weighted by Crippen LogP contribution is 2.40. The Morgan fingerprint density at radius 2 is 1.86 bits per heavy atom. The first kappa shape index (κ1) is 20.9. The Kier molecular flexibility index (Phi) is 5.61. The molecule has 0 amide bonds. The third-order valence-corrected chi connectivity index (χ3v) is 7.37. The number of aliphatic carboxylic acids is 1. The summed E-state index contributed by atoms with van der Waals surface area (Å²) in [4.78, 5) is 22.4. The third kappa shape index (κ3) is 4.26. The van der Waals surface area contributed by atoms with Crippen molar-refractivity contribution in [2.24, 2.45) is 0 Å². The summed E-state index contributed by atoms with van der Waals surface area (Å²) < 4.78 is 27.1. The van der Waals surface area contributed by atoms with Crippen molar-refractivity contribution >= 4 is 56.6 Å². The Morgan fingerprint density at radius 3 is 2.39 bits per heavy atom. The van der Waals surface area contributed by atoms with Crippen LogP contribution >= 0.6 is 35.0 Å². The van der Waals surface area contributed by atoms with Gasteiger partial charge >= 0.3 is 5.97 Å². The number of rotatable bonds is 7. The molecule has 148 valence electrons. The molecule has 8 nitrogen and oxygen atoms in total. The van der Waals surface area contributed by atoms with Gasteiger partial charge in [-0.2, -0.15) is 4.72 Å². The Labute approximate surface area is 174 Å². The summed E-state index contributed by atoms with van der Waals surface area (Å²) in [6, 6.07) is 8.09. The van der Waals surface area contributed by atoms with Gasteiger partial charge in [-0.3, -0.25) is 14.9 Å². The zero-order valence-corrected chi connectivity index (χ0v) is 17.0. The van der Waals surface area contributed by atoms with Crippen molar-refractivity contribution in [1.29, 1.82) is 0 Å². The average molecular weight is 463 g/mol. The number of halogens is 2. The molecule has 1 fully saturated rings. The van der Waals surface area contributed by atoms with Crippen molar-refractivity contribution in [2.75, 3.05) is 0 Å². The molecule has 2 N–H and O–H groups in total. The fourth-order valence-electron chi connectivity index (χ4n) is 2.36. The fourth-order valence-corrected chi connectivity index (χ4v) is 5.10. The van der Waals surface area contributed by atoms with Crippen LogP contribution in [-0.4, -0.2) is 30.0 Å². The average Bonchev–Trinajstić information content (AvgIpc) is 3.38. The van der Waals surface area contributed by atoms with Crippen LogP contribution in [0, 0.1) is 10.1 Å². The monoisotopic (exact) mass is 462 g/mol. The number of carboxylic acids is 1. The molecular formula is C16H12Cl2N2O6S2. The van der Waals surface area contributed by atoms with E-state index in [1.54, 1.807) is 12.1 Å². The van der Waals surface area contributed by atoms with E-state index in [-0.39, 0.29) is 27.7 Å². The van der Waals surface area contributed by atoms with E-state index in [0.29, 0.717) is 9.92 Å². The van der Waals surface area contributed by atoms with Crippen molar-refractivity contribution < 1.29 is 23.2 Å². The first-order chi connectivity index (χ1) is 13.0. The molecule has 0 aromatic heterocycles. The summed E-state index contributed by atoms with van der Waals surface area (Å²) in [6.07, 6.45) is 0.323. The largest absolute Gasteiger partial charge is 0.480 e. The molecular weight excluding hydrogens is 451 g/mol. The first-order valence-electron chi connectivity index (χ1n) is 7.73. The molecule has 0 heterocycles. The van der Waals surface area contributed by atoms with Gasteiger partial charge in [0.05, 0.1) is 24.8 Å². The standard InChI is InChI=1S/C16H12Cl2N2O6S2/c17-11-3-1-9(7-12(11)18)27-14-4-2-10(8-13(14)20(23)24)28(25,26)19-16(5-6-16)15(21)22/h1-4,7-8,19H,5-6H2,(H,21,22). The lowest BCUT2D eigenvalue weighted by atomic mass is 10.3. The zero-order chi connectivity index (χ0) is 20.7. The summed E-state index contributed by atoms with van der Waals surface area (Å²) in [5.41, 5.74) is -1.97. The van der Waals surface area contributed by atoms with Crippen molar-refractivity contribution in [3.05, 3.63) is 56.6 Å². The van der Waals surface area contributed by atoms with E-state index < -0.39 is 32.1 Å². The molecule has 1 saturated carbocycles. The lowest BCUT2D eigenvalue weighted by molar-refractivity contribution is -0.388. The SMILES string of the molecule is O=C(O)C1(NS(=O)(=O)c2ccc(Sc3ccc(Cl)c(Cl)c3)c([N+](=O)[O-])c2)CC1. The highest BCUT2D eigenvalue weighted by molar-refractivity contribution is 7.99. The summed E-state index contributed by atoms with van der Waals surface area (Å²) in [5.74, 6) is -1.28. The topological polar surface area (TPSA) is 127 Å². The number of nitrogens with one attached hydrogen (secondary N) is 1. The minimum atomic E-state index is -4.24. The van der Waals surface area contributed by atoms with Crippen LogP contribution in [0.25, 0.3) is 0 Å². The molecule has 0 bridgehead atoms. The number of hydrogen-bond donors (Lipinski definition) is 2. The van der Waals surface area contributed by atoms with Gasteiger partial charge in [-0.25, -0.2) is 8.42 Å². The predicted octanol–water partition coefficient (Wildman–Crippen LogP) is 3.95. The Hall–Kier alpha value is -1.85. The Bertz CT molecular complexity index is 1090. The van der Waals surface area contributed by atoms with Crippen molar-refractivity contribution in [3.63, 3.8) is 0 Å². The number of benzene rings is 2. The quantitative estimate of drug-likeness (QED) is 0.470. The van der Waals surface area contributed by atoms with E-state index in [1.807, 2.05) is 0 Å². The highest BCUT2D eigenvalue weighted by Gasteiger charge is 2.53. The molecule has 3 rings (SSSR count). The number of nitrogens with zero attached hydrogens (tertiary/aromatic N) is 1. The second-order valence-electron chi connectivity index (χ2n) is 6.06. The molecule has 1 aliphatic rings. The van der Waals surface area contributed by atoms with Gasteiger partial charge in [0, 0.05) is 11.0 Å². The fraction of sp³-hybridized carbons (Fsp3) is 0.188. The van der Waals surface area contributed by atoms with E-state index in [9.17, 15) is 23.3 Å². The van der Waals surface area contributed by atoms with Crippen LogP contribution in [0.5, 0.6) is 0 Å². The number of carbonyl (C=O) groups is 1. The molecule has 0 aliphatic heterocycles. The number of carboxylic acid groups (broad SMARTS) is 1. The summed E-state index contributed by atoms with van der Waals surface area (Å²) in [5, 5.41) is 21.2. The van der Waals surface area contributed by atoms with Crippen molar-refractivity contribution in [1.82, 2.24) is 4.72 Å². The molecule has 0 unspecified atom stereocenters. The molecule has 0 radical (unpaired) electrons. The number of sulfonamides is 1. The zero-order valence-electron chi connectivity index (χ0n) is 13.9. The molecule has 2 aromatic rings. The van der Waals surface area contributed by atoms with Gasteiger partial charge in [-0.15, -0.1) is 0 Å². The first-order valence-corrected chi connectivity index (χ1v) is 10.8. The smallest absolute Gasteiger partial charge is 0.324 e. The van der Waals surface area contributed by atoms with Crippen molar-refractivity contribution in [3.8, 4) is 0 Å². The molecule has 0 saturated heterocycles. The maximum Gasteiger partial charge on any atom is 0.324 e. The Morgan fingerprint density at radius 1 is 1.18 bits per heavy atom. The molecule has 12 heteroatoms. The minimum absolute atomic E-state index is 0.162. The summed E-state index contributed by atoms with van der Waals surface area (Å²) >= 11 is 12.8. The second kappa shape index (κ2) is 7.53. The van der Waals surface area contributed by atoms with E-state index >= 15 is 0 Å². The van der Waals surface area contributed by atoms with E-state index in [0.717, 1.165) is 17.8 Å². The lowest BCUT2D eigenvalue weighted by Crippen LogP contribution is -2.42. The van der Waals surface area contributed by atoms with Gasteiger partial charge in [-0.05, 0) is 43.2 Å². The molecule has 0 spiro atoms. The van der Waals surface area contributed by atoms with Crippen LogP contribution in [0.2, 0.25) is 10.0 Å². The number of nitro groups is 1. The van der Waals surface area contributed by atoms with Gasteiger partial charge in [0.1, 0.15) is 5.54 Å². The van der Waals surface area contributed by atoms with Crippen LogP contribution in [0.15, 0.2) is 51.1 Å². The summed E-state index contributed by atoms with van der Waals surface area (Å²) in [6.45, 7) is 0. The maximum atomic E-state index is 12.5. The molecule has 28 heavy (non-hydrogen) atoms. The number of nitro benzene ring substituents is 1. The van der Waals surface area contributed by atoms with Crippen LogP contribution in [0.1, 0.15) is 12.8 Å². The number of hydrogen-bond acceptors (Lipinski definition) is 6. The van der Waals surface area contributed by atoms with Gasteiger partial charge in [0.2, 0.25) is 10.0 Å². The van der Waals surface area contributed by atoms with Crippen LogP contribution < -0.4 is 4.72 Å². The highest BCUT2D eigenvalue weighted by atomic mass is 35.5. The predicted molar refractivity (Wildman–Crippen MR) is 104 cm³/mol. The molecule has 2 aromatic carbocycles. The van der Waals surface area contributed by atoms with Gasteiger partial charge in [0.25, 0.3) is 5.69 Å². The molecule has 0 atom stereocenters. The van der Waals surface area contributed by atoms with Gasteiger partial charge in [0.15, 0.2) is 0 Å². The maximum absolute atomic E-state index is 12.5. The second-order valence-corrected chi connectivity index (χ2v) is 9.67. The van der Waals surface area contributed by atoms with Crippen LogP contribution in [-0.2, 0) is 14.8 Å². The van der Waals surface area contributed by atoms with Crippen molar-refractivity contribution in [2.45, 2.75) is 33.1 Å². The van der Waals surface area contributed by atoms with E-state index in [4.69, 9.17) is 28.3 Å².